The molecule has 0 fully saturated rings. The fourth-order valence-corrected chi connectivity index (χ4v) is 1.04. The molecule has 0 spiro atoms. The normalized spacial score (nSPS) is 9.57. The second-order valence-electron chi connectivity index (χ2n) is 2.78. The van der Waals surface area contributed by atoms with Gasteiger partial charge in [-0.15, -0.1) is 0 Å². The van der Waals surface area contributed by atoms with E-state index in [1.165, 1.54) is 4.90 Å². The average Bonchev–Trinajstić information content (AvgIpc) is 2.48. The number of rotatable bonds is 1. The molecule has 0 unspecified atom stereocenters. The number of nitrogens with one attached hydrogen (secondary N) is 1. The van der Waals surface area contributed by atoms with Crippen molar-refractivity contribution < 1.29 is 4.42 Å². The van der Waals surface area contributed by atoms with Gasteiger partial charge in [0.1, 0.15) is 5.76 Å². The summed E-state index contributed by atoms with van der Waals surface area (Å²) in [6.07, 6.45) is 1.55. The van der Waals surface area contributed by atoms with Crippen LogP contribution in [-0.2, 0) is 0 Å². The van der Waals surface area contributed by atoms with E-state index < -0.39 is 0 Å². The highest BCUT2D eigenvalue weighted by Gasteiger charge is 2.10. The Bertz CT molecular complexity index is 364. The fraction of sp³-hybridized carbons (Fsp3) is 0.250. The van der Waals surface area contributed by atoms with Crippen LogP contribution in [0.15, 0.2) is 21.7 Å². The van der Waals surface area contributed by atoms with Crippen molar-refractivity contribution in [3.8, 4) is 0 Å². The molecule has 76 valence electrons. The Morgan fingerprint density at radius 3 is 2.64 bits per heavy atom. The van der Waals surface area contributed by atoms with Crippen molar-refractivity contribution >= 4 is 17.6 Å². The van der Waals surface area contributed by atoms with Gasteiger partial charge < -0.3 is 20.8 Å². The lowest BCUT2D eigenvalue weighted by atomic mass is 10.4. The SMILES string of the molecule is Cc1occc1N(C)C(=N)N=C(N)N. The zero-order chi connectivity index (χ0) is 10.7. The van der Waals surface area contributed by atoms with Gasteiger partial charge in [0.2, 0.25) is 5.96 Å². The van der Waals surface area contributed by atoms with Crippen molar-refractivity contribution in [3.63, 3.8) is 0 Å². The van der Waals surface area contributed by atoms with Gasteiger partial charge in [-0.05, 0) is 6.92 Å². The van der Waals surface area contributed by atoms with Crippen molar-refractivity contribution in [1.82, 2.24) is 0 Å². The van der Waals surface area contributed by atoms with Crippen LogP contribution in [0.5, 0.6) is 0 Å². The maximum Gasteiger partial charge on any atom is 0.225 e. The van der Waals surface area contributed by atoms with Crippen LogP contribution < -0.4 is 16.4 Å². The molecule has 1 aromatic heterocycles. The highest BCUT2D eigenvalue weighted by Crippen LogP contribution is 2.19. The molecule has 1 aromatic rings. The van der Waals surface area contributed by atoms with E-state index in [0.29, 0.717) is 5.76 Å². The lowest BCUT2D eigenvalue weighted by molar-refractivity contribution is 0.534. The molecule has 0 radical (unpaired) electrons. The van der Waals surface area contributed by atoms with E-state index in [-0.39, 0.29) is 11.9 Å². The zero-order valence-electron chi connectivity index (χ0n) is 8.11. The van der Waals surface area contributed by atoms with Gasteiger partial charge in [0, 0.05) is 13.1 Å². The van der Waals surface area contributed by atoms with Crippen LogP contribution in [0, 0.1) is 12.3 Å². The number of hydrogen-bond donors (Lipinski definition) is 3. The van der Waals surface area contributed by atoms with Gasteiger partial charge in [-0.2, -0.15) is 4.99 Å². The largest absolute Gasteiger partial charge is 0.467 e. The van der Waals surface area contributed by atoms with Crippen molar-refractivity contribution in [3.05, 3.63) is 18.1 Å². The van der Waals surface area contributed by atoms with Crippen molar-refractivity contribution in [2.75, 3.05) is 11.9 Å². The number of aliphatic imine (C=N–C) groups is 1. The highest BCUT2D eigenvalue weighted by atomic mass is 16.3. The van der Waals surface area contributed by atoms with E-state index in [1.807, 2.05) is 0 Å². The first-order valence-electron chi connectivity index (χ1n) is 3.98. The molecule has 5 N–H and O–H groups in total. The molecule has 0 amide bonds. The third-order valence-corrected chi connectivity index (χ3v) is 1.75. The summed E-state index contributed by atoms with van der Waals surface area (Å²) in [5.41, 5.74) is 11.1. The van der Waals surface area contributed by atoms with Gasteiger partial charge in [0.05, 0.1) is 12.0 Å². The van der Waals surface area contributed by atoms with Crippen molar-refractivity contribution in [1.29, 1.82) is 5.41 Å². The molecule has 0 bridgehead atoms. The number of anilines is 1. The molecule has 0 saturated carbocycles. The van der Waals surface area contributed by atoms with E-state index in [9.17, 15) is 0 Å². The Kier molecular flexibility index (Phi) is 2.76. The Hall–Kier alpha value is -1.98. The highest BCUT2D eigenvalue weighted by molar-refractivity contribution is 6.01. The molecule has 0 aliphatic heterocycles. The summed E-state index contributed by atoms with van der Waals surface area (Å²) in [7, 11) is 1.69. The molecule has 0 atom stereocenters. The number of hydrogen-bond acceptors (Lipinski definition) is 2. The Balaban J connectivity index is 2.86. The second kappa shape index (κ2) is 3.82. The van der Waals surface area contributed by atoms with Gasteiger partial charge in [0.15, 0.2) is 5.96 Å². The lowest BCUT2D eigenvalue weighted by Crippen LogP contribution is -2.30. The molecule has 0 saturated heterocycles. The molecule has 6 heteroatoms. The summed E-state index contributed by atoms with van der Waals surface area (Å²) in [5.74, 6) is 0.542. The van der Waals surface area contributed by atoms with Gasteiger partial charge >= 0.3 is 0 Å². The first kappa shape index (κ1) is 10.1. The summed E-state index contributed by atoms with van der Waals surface area (Å²) < 4.78 is 5.09. The minimum atomic E-state index is -0.136. The number of guanidine groups is 2. The molecule has 6 nitrogen and oxygen atoms in total. The topological polar surface area (TPSA) is 105 Å². The molecule has 1 rings (SSSR count). The Morgan fingerprint density at radius 1 is 1.57 bits per heavy atom. The first-order valence-corrected chi connectivity index (χ1v) is 3.98. The minimum absolute atomic E-state index is 0.0329. The lowest BCUT2D eigenvalue weighted by Gasteiger charge is -2.15. The summed E-state index contributed by atoms with van der Waals surface area (Å²) >= 11 is 0. The van der Waals surface area contributed by atoms with Gasteiger partial charge in [0.25, 0.3) is 0 Å². The van der Waals surface area contributed by atoms with Crippen LogP contribution in [0.25, 0.3) is 0 Å². The molecule has 0 aliphatic rings. The van der Waals surface area contributed by atoms with Gasteiger partial charge in [-0.1, -0.05) is 0 Å². The van der Waals surface area contributed by atoms with E-state index in [2.05, 4.69) is 4.99 Å². The van der Waals surface area contributed by atoms with E-state index in [1.54, 1.807) is 26.3 Å². The Morgan fingerprint density at radius 2 is 2.21 bits per heavy atom. The van der Waals surface area contributed by atoms with E-state index in [0.717, 1.165) is 5.69 Å². The van der Waals surface area contributed by atoms with Crippen molar-refractivity contribution in [2.24, 2.45) is 16.5 Å². The maximum atomic E-state index is 7.53. The summed E-state index contributed by atoms with van der Waals surface area (Å²) in [6, 6.07) is 1.74. The maximum absolute atomic E-state index is 7.53. The van der Waals surface area contributed by atoms with Crippen LogP contribution in [0.1, 0.15) is 5.76 Å². The smallest absolute Gasteiger partial charge is 0.225 e. The summed E-state index contributed by atoms with van der Waals surface area (Å²) in [6.45, 7) is 1.80. The third-order valence-electron chi connectivity index (χ3n) is 1.75. The molecule has 14 heavy (non-hydrogen) atoms. The predicted molar refractivity (Wildman–Crippen MR) is 55.4 cm³/mol. The Labute approximate surface area is 81.7 Å². The average molecular weight is 195 g/mol. The first-order chi connectivity index (χ1) is 6.52. The number of nitrogens with zero attached hydrogens (tertiary/aromatic N) is 2. The molecule has 0 aliphatic carbocycles. The molecule has 0 aromatic carbocycles. The fourth-order valence-electron chi connectivity index (χ4n) is 1.04. The summed E-state index contributed by atoms with van der Waals surface area (Å²) in [4.78, 5) is 5.14. The van der Waals surface area contributed by atoms with Gasteiger partial charge in [-0.25, -0.2) is 0 Å². The monoisotopic (exact) mass is 195 g/mol. The second-order valence-corrected chi connectivity index (χ2v) is 2.78. The molecular formula is C8H13N5O. The number of nitrogens with two attached hydrogens (primary N) is 2. The third kappa shape index (κ3) is 2.03. The van der Waals surface area contributed by atoms with Crippen LogP contribution >= 0.6 is 0 Å². The van der Waals surface area contributed by atoms with E-state index >= 15 is 0 Å². The molecular weight excluding hydrogens is 182 g/mol. The van der Waals surface area contributed by atoms with Crippen LogP contribution in [-0.4, -0.2) is 19.0 Å². The number of furan rings is 1. The standard InChI is InChI=1S/C8H13N5O/c1-5-6(3-4-14-5)13(2)8(11)12-7(9)10/h3-4H,1-2H3,(H5,9,10,11,12). The van der Waals surface area contributed by atoms with Gasteiger partial charge in [-0.3, -0.25) is 5.41 Å². The van der Waals surface area contributed by atoms with Crippen molar-refractivity contribution in [2.45, 2.75) is 6.92 Å². The quantitative estimate of drug-likeness (QED) is 0.440. The summed E-state index contributed by atoms with van der Waals surface area (Å²) in [5, 5.41) is 7.53. The number of aryl methyl sites for hydroxylation is 1. The molecule has 1 heterocycles. The van der Waals surface area contributed by atoms with E-state index in [4.69, 9.17) is 21.3 Å². The predicted octanol–water partition coefficient (Wildman–Crippen LogP) is 0.232. The van der Waals surface area contributed by atoms with Crippen LogP contribution in [0.4, 0.5) is 5.69 Å². The van der Waals surface area contributed by atoms with Crippen LogP contribution in [0.3, 0.4) is 0 Å². The van der Waals surface area contributed by atoms with Crippen LogP contribution in [0.2, 0.25) is 0 Å². The zero-order valence-corrected chi connectivity index (χ0v) is 8.11. The minimum Gasteiger partial charge on any atom is -0.467 e.